The average Bonchev–Trinajstić information content (AvgIpc) is 2.99. The molecule has 1 N–H and O–H groups in total. The average molecular weight is 375 g/mol. The van der Waals surface area contributed by atoms with E-state index in [1.54, 1.807) is 24.3 Å². The van der Waals surface area contributed by atoms with Crippen molar-refractivity contribution in [2.24, 2.45) is 11.8 Å². The van der Waals surface area contributed by atoms with E-state index in [1.165, 1.54) is 0 Å². The Hall–Kier alpha value is -1.55. The van der Waals surface area contributed by atoms with E-state index in [0.29, 0.717) is 34.7 Å². The molecular formula is C21H27ClN2O2. The fourth-order valence-electron chi connectivity index (χ4n) is 5.74. The van der Waals surface area contributed by atoms with Gasteiger partial charge in [-0.3, -0.25) is 9.59 Å². The molecule has 3 aliphatic rings. The fraction of sp³-hybridized carbons (Fsp3) is 0.619. The van der Waals surface area contributed by atoms with Crippen molar-refractivity contribution in [3.8, 4) is 0 Å². The first-order valence-electron chi connectivity index (χ1n) is 9.88. The summed E-state index contributed by atoms with van der Waals surface area (Å²) >= 11 is 5.92. The topological polar surface area (TPSA) is 49.4 Å². The summed E-state index contributed by atoms with van der Waals surface area (Å²) in [5, 5.41) is 3.90. The molecule has 0 unspecified atom stereocenters. The van der Waals surface area contributed by atoms with Crippen LogP contribution >= 0.6 is 11.6 Å². The van der Waals surface area contributed by atoms with Gasteiger partial charge in [0.25, 0.3) is 5.91 Å². The molecule has 0 radical (unpaired) electrons. The van der Waals surface area contributed by atoms with E-state index in [0.717, 1.165) is 45.1 Å². The SMILES string of the molecule is C[C@H]1[C@@H](NC(=O)c2ccc(Cl)cc2)CC[C@@]23CCCN2C(=O)CCC[C@@H]13. The van der Waals surface area contributed by atoms with Gasteiger partial charge in [-0.25, -0.2) is 0 Å². The molecule has 1 aromatic carbocycles. The summed E-state index contributed by atoms with van der Waals surface area (Å²) < 4.78 is 0. The third kappa shape index (κ3) is 2.92. The lowest BCUT2D eigenvalue weighted by molar-refractivity contribution is -0.138. The largest absolute Gasteiger partial charge is 0.349 e. The Bertz CT molecular complexity index is 704. The second-order valence-electron chi connectivity index (χ2n) is 8.24. The summed E-state index contributed by atoms with van der Waals surface area (Å²) in [6.07, 6.45) is 6.97. The number of carbonyl (C=O) groups excluding carboxylic acids is 2. The number of amides is 2. The van der Waals surface area contributed by atoms with Crippen LogP contribution < -0.4 is 5.32 Å². The van der Waals surface area contributed by atoms with Crippen LogP contribution in [0.25, 0.3) is 0 Å². The molecule has 1 spiro atoms. The minimum absolute atomic E-state index is 0.0255. The number of benzene rings is 1. The van der Waals surface area contributed by atoms with E-state index in [-0.39, 0.29) is 17.5 Å². The van der Waals surface area contributed by atoms with E-state index < -0.39 is 0 Å². The van der Waals surface area contributed by atoms with Crippen molar-refractivity contribution in [3.63, 3.8) is 0 Å². The molecule has 140 valence electrons. The molecule has 2 saturated heterocycles. The van der Waals surface area contributed by atoms with Gasteiger partial charge in [-0.15, -0.1) is 0 Å². The van der Waals surface area contributed by atoms with Crippen molar-refractivity contribution in [1.82, 2.24) is 10.2 Å². The highest BCUT2D eigenvalue weighted by molar-refractivity contribution is 6.30. The molecular weight excluding hydrogens is 348 g/mol. The van der Waals surface area contributed by atoms with Gasteiger partial charge in [-0.05, 0) is 74.6 Å². The van der Waals surface area contributed by atoms with Crippen LogP contribution in [0.5, 0.6) is 0 Å². The predicted octanol–water partition coefficient (Wildman–Crippen LogP) is 4.03. The van der Waals surface area contributed by atoms with Gasteiger partial charge in [-0.2, -0.15) is 0 Å². The Morgan fingerprint density at radius 2 is 1.96 bits per heavy atom. The Morgan fingerprint density at radius 1 is 1.19 bits per heavy atom. The number of halogens is 1. The smallest absolute Gasteiger partial charge is 0.251 e. The van der Waals surface area contributed by atoms with E-state index in [4.69, 9.17) is 11.6 Å². The van der Waals surface area contributed by atoms with Crippen LogP contribution in [-0.4, -0.2) is 34.8 Å². The molecule has 26 heavy (non-hydrogen) atoms. The summed E-state index contributed by atoms with van der Waals surface area (Å²) in [6.45, 7) is 3.19. The summed E-state index contributed by atoms with van der Waals surface area (Å²) in [5.74, 6) is 1.19. The lowest BCUT2D eigenvalue weighted by atomic mass is 9.63. The molecule has 1 aliphatic carbocycles. The maximum atomic E-state index is 12.7. The number of rotatable bonds is 2. The quantitative estimate of drug-likeness (QED) is 0.849. The van der Waals surface area contributed by atoms with Crippen LogP contribution in [0.4, 0.5) is 0 Å². The molecule has 3 fully saturated rings. The third-order valence-corrected chi connectivity index (χ3v) is 7.26. The zero-order valence-corrected chi connectivity index (χ0v) is 16.1. The minimum atomic E-state index is -0.0255. The van der Waals surface area contributed by atoms with Crippen LogP contribution in [0.2, 0.25) is 5.02 Å². The third-order valence-electron chi connectivity index (χ3n) is 7.01. The van der Waals surface area contributed by atoms with Gasteiger partial charge in [0.05, 0.1) is 0 Å². The van der Waals surface area contributed by atoms with Crippen LogP contribution in [0.1, 0.15) is 62.2 Å². The van der Waals surface area contributed by atoms with Gasteiger partial charge in [-0.1, -0.05) is 18.5 Å². The van der Waals surface area contributed by atoms with Crippen molar-refractivity contribution in [2.45, 2.75) is 63.5 Å². The lowest BCUT2D eigenvalue weighted by Gasteiger charge is -2.52. The van der Waals surface area contributed by atoms with Crippen molar-refractivity contribution in [2.75, 3.05) is 6.54 Å². The number of nitrogens with zero attached hydrogens (tertiary/aromatic N) is 1. The van der Waals surface area contributed by atoms with Gasteiger partial charge in [0.1, 0.15) is 0 Å². The second kappa shape index (κ2) is 6.88. The van der Waals surface area contributed by atoms with Crippen molar-refractivity contribution in [1.29, 1.82) is 0 Å². The normalized spacial score (nSPS) is 34.0. The summed E-state index contributed by atoms with van der Waals surface area (Å²) in [6, 6.07) is 7.22. The molecule has 1 aromatic rings. The Kier molecular flexibility index (Phi) is 4.72. The highest BCUT2D eigenvalue weighted by Gasteiger charge is 2.55. The molecule has 0 aromatic heterocycles. The van der Waals surface area contributed by atoms with Crippen molar-refractivity contribution < 1.29 is 9.59 Å². The second-order valence-corrected chi connectivity index (χ2v) is 8.67. The van der Waals surface area contributed by atoms with Crippen LogP contribution in [0.3, 0.4) is 0 Å². The number of carbonyl (C=O) groups is 2. The van der Waals surface area contributed by atoms with Crippen molar-refractivity contribution >= 4 is 23.4 Å². The molecule has 4 atom stereocenters. The molecule has 1 saturated carbocycles. The molecule has 2 amide bonds. The first-order valence-corrected chi connectivity index (χ1v) is 10.3. The standard InChI is InChI=1S/C21H27ClN2O2/c1-14-17-4-2-5-19(25)24-13-3-11-21(17,24)12-10-18(14)23-20(26)15-6-8-16(22)9-7-15/h6-9,14,17-18H,2-5,10-13H2,1H3,(H,23,26)/t14-,17+,18+,21-/m1/s1. The van der Waals surface area contributed by atoms with Gasteiger partial charge in [0, 0.05) is 35.1 Å². The monoisotopic (exact) mass is 374 g/mol. The Morgan fingerprint density at radius 3 is 2.73 bits per heavy atom. The zero-order chi connectivity index (χ0) is 18.3. The summed E-state index contributed by atoms with van der Waals surface area (Å²) in [4.78, 5) is 27.4. The molecule has 2 heterocycles. The number of nitrogens with one attached hydrogen (secondary N) is 1. The highest BCUT2D eigenvalue weighted by atomic mass is 35.5. The molecule has 4 rings (SSSR count). The number of hydrogen-bond donors (Lipinski definition) is 1. The maximum absolute atomic E-state index is 12.7. The molecule has 5 heteroatoms. The maximum Gasteiger partial charge on any atom is 0.251 e. The van der Waals surface area contributed by atoms with E-state index >= 15 is 0 Å². The number of hydrogen-bond acceptors (Lipinski definition) is 2. The summed E-state index contributed by atoms with van der Waals surface area (Å²) in [7, 11) is 0. The molecule has 2 aliphatic heterocycles. The minimum Gasteiger partial charge on any atom is -0.349 e. The van der Waals surface area contributed by atoms with E-state index in [2.05, 4.69) is 17.1 Å². The van der Waals surface area contributed by atoms with Crippen molar-refractivity contribution in [3.05, 3.63) is 34.9 Å². The first kappa shape index (κ1) is 17.8. The van der Waals surface area contributed by atoms with Gasteiger partial charge >= 0.3 is 0 Å². The van der Waals surface area contributed by atoms with Crippen LogP contribution in [-0.2, 0) is 4.79 Å². The van der Waals surface area contributed by atoms with E-state index in [1.807, 2.05) is 0 Å². The first-order chi connectivity index (χ1) is 12.5. The molecule has 0 bridgehead atoms. The molecule has 4 nitrogen and oxygen atoms in total. The van der Waals surface area contributed by atoms with Crippen LogP contribution in [0, 0.1) is 11.8 Å². The predicted molar refractivity (Wildman–Crippen MR) is 102 cm³/mol. The Balaban J connectivity index is 1.52. The van der Waals surface area contributed by atoms with E-state index in [9.17, 15) is 9.59 Å². The van der Waals surface area contributed by atoms with Gasteiger partial charge < -0.3 is 10.2 Å². The lowest BCUT2D eigenvalue weighted by Crippen LogP contribution is -2.59. The zero-order valence-electron chi connectivity index (χ0n) is 15.3. The van der Waals surface area contributed by atoms with Crippen LogP contribution in [0.15, 0.2) is 24.3 Å². The highest BCUT2D eigenvalue weighted by Crippen LogP contribution is 2.51. The van der Waals surface area contributed by atoms with Gasteiger partial charge in [0.2, 0.25) is 5.91 Å². The summed E-state index contributed by atoms with van der Waals surface area (Å²) in [5.41, 5.74) is 0.703. The fourth-order valence-corrected chi connectivity index (χ4v) is 5.87. The Labute approximate surface area is 160 Å². The van der Waals surface area contributed by atoms with Gasteiger partial charge in [0.15, 0.2) is 0 Å².